The molecule has 0 atom stereocenters. The van der Waals surface area contributed by atoms with Gasteiger partial charge in [-0.15, -0.1) is 4.36 Å². The van der Waals surface area contributed by atoms with Crippen molar-refractivity contribution in [1.82, 2.24) is 0 Å². The molecule has 3 amide bonds. The predicted octanol–water partition coefficient (Wildman–Crippen LogP) is 1.70. The maximum absolute atomic E-state index is 11.0. The Morgan fingerprint density at radius 2 is 2.13 bits per heavy atom. The normalized spacial score (nSPS) is 9.40. The Balaban J connectivity index is 3.12. The van der Waals surface area contributed by atoms with Crippen LogP contribution in [-0.4, -0.2) is 11.9 Å². The van der Waals surface area contributed by atoms with E-state index in [1.54, 1.807) is 0 Å². The maximum atomic E-state index is 11.0. The lowest BCUT2D eigenvalue weighted by Gasteiger charge is -2.06. The van der Waals surface area contributed by atoms with E-state index in [9.17, 15) is 9.59 Å². The highest BCUT2D eigenvalue weighted by molar-refractivity contribution is 7.47. The summed E-state index contributed by atoms with van der Waals surface area (Å²) >= 11 is 9.87. The minimum Gasteiger partial charge on any atom is -0.366 e. The molecule has 0 spiro atoms. The number of benzene rings is 1. The molecular formula is C8H6ClN3O2S. The van der Waals surface area contributed by atoms with Crippen LogP contribution in [0.3, 0.4) is 0 Å². The highest BCUT2D eigenvalue weighted by atomic mass is 35.5. The van der Waals surface area contributed by atoms with Gasteiger partial charge in [-0.05, 0) is 18.2 Å². The summed E-state index contributed by atoms with van der Waals surface area (Å²) in [5, 5.41) is 2.65. The molecule has 0 aliphatic heterocycles. The number of hydrogen-bond acceptors (Lipinski definition) is 3. The lowest BCUT2D eigenvalue weighted by Crippen LogP contribution is -2.16. The van der Waals surface area contributed by atoms with Gasteiger partial charge < -0.3 is 11.1 Å². The van der Waals surface area contributed by atoms with Gasteiger partial charge in [0.15, 0.2) is 0 Å². The molecule has 15 heavy (non-hydrogen) atoms. The maximum Gasteiger partial charge on any atom is 0.356 e. The molecular weight excluding hydrogens is 238 g/mol. The second-order valence-corrected chi connectivity index (χ2v) is 3.19. The topological polar surface area (TPSA) is 84.5 Å². The van der Waals surface area contributed by atoms with Crippen molar-refractivity contribution in [3.05, 3.63) is 28.8 Å². The first-order valence-corrected chi connectivity index (χ1v) is 4.52. The quantitative estimate of drug-likeness (QED) is 0.829. The predicted molar refractivity (Wildman–Crippen MR) is 58.8 cm³/mol. The third-order valence-corrected chi connectivity index (χ3v) is 1.97. The number of urea groups is 1. The van der Waals surface area contributed by atoms with Crippen LogP contribution in [0.4, 0.5) is 10.5 Å². The highest BCUT2D eigenvalue weighted by Gasteiger charge is 2.10. The van der Waals surface area contributed by atoms with Crippen LogP contribution in [0.15, 0.2) is 22.6 Å². The van der Waals surface area contributed by atoms with Crippen molar-refractivity contribution in [3.8, 4) is 0 Å². The average Bonchev–Trinajstić information content (AvgIpc) is 2.17. The van der Waals surface area contributed by atoms with Crippen LogP contribution in [0.25, 0.3) is 0 Å². The summed E-state index contributed by atoms with van der Waals surface area (Å²) in [5.41, 5.74) is 5.43. The number of halogens is 1. The summed E-state index contributed by atoms with van der Waals surface area (Å²) < 4.78 is 2.95. The third kappa shape index (κ3) is 2.97. The monoisotopic (exact) mass is 243 g/mol. The van der Waals surface area contributed by atoms with Crippen LogP contribution >= 0.6 is 11.6 Å². The number of carbonyl (C=O) groups excluding carboxylic acids is 2. The molecule has 1 rings (SSSR count). The van der Waals surface area contributed by atoms with E-state index >= 15 is 0 Å². The zero-order valence-electron chi connectivity index (χ0n) is 7.36. The number of nitrogens with two attached hydrogens (primary N) is 1. The number of anilines is 1. The van der Waals surface area contributed by atoms with Crippen LogP contribution < -0.4 is 11.1 Å². The van der Waals surface area contributed by atoms with E-state index in [2.05, 4.69) is 22.1 Å². The zero-order chi connectivity index (χ0) is 11.4. The largest absolute Gasteiger partial charge is 0.366 e. The molecule has 0 saturated heterocycles. The Labute approximate surface area is 95.8 Å². The minimum atomic E-state index is -0.755. The van der Waals surface area contributed by atoms with E-state index in [1.807, 2.05) is 0 Å². The summed E-state index contributed by atoms with van der Waals surface area (Å²) in [6, 6.07) is 3.53. The molecule has 0 fully saturated rings. The van der Waals surface area contributed by atoms with Crippen molar-refractivity contribution < 1.29 is 9.59 Å². The fourth-order valence-electron chi connectivity index (χ4n) is 0.973. The van der Waals surface area contributed by atoms with Gasteiger partial charge in [0.2, 0.25) is 0 Å². The van der Waals surface area contributed by atoms with Crippen LogP contribution in [0.5, 0.6) is 0 Å². The van der Waals surface area contributed by atoms with Crippen LogP contribution in [0.1, 0.15) is 10.4 Å². The Bertz CT molecular complexity index is 436. The van der Waals surface area contributed by atoms with Crippen molar-refractivity contribution in [2.75, 3.05) is 5.32 Å². The molecule has 0 aliphatic carbocycles. The Morgan fingerprint density at radius 3 is 2.67 bits per heavy atom. The molecule has 0 heterocycles. The number of nitrogens with one attached hydrogen (secondary N) is 1. The Morgan fingerprint density at radius 1 is 1.47 bits per heavy atom. The fraction of sp³-hybridized carbons (Fsp3) is 0. The van der Waals surface area contributed by atoms with Gasteiger partial charge in [-0.3, -0.25) is 4.79 Å². The van der Waals surface area contributed by atoms with E-state index < -0.39 is 11.9 Å². The lowest BCUT2D eigenvalue weighted by molar-refractivity contribution is 0.100. The number of carbonyl (C=O) groups is 2. The summed E-state index contributed by atoms with van der Waals surface area (Å²) in [7, 11) is 0. The molecule has 7 heteroatoms. The number of nitrogens with zero attached hydrogens (tertiary/aromatic N) is 1. The highest BCUT2D eigenvalue weighted by Crippen LogP contribution is 2.20. The van der Waals surface area contributed by atoms with E-state index in [0.29, 0.717) is 5.02 Å². The van der Waals surface area contributed by atoms with E-state index in [0.717, 1.165) is 0 Å². The molecule has 0 saturated carbocycles. The van der Waals surface area contributed by atoms with Crippen molar-refractivity contribution >= 4 is 41.7 Å². The van der Waals surface area contributed by atoms with E-state index in [1.165, 1.54) is 18.2 Å². The van der Waals surface area contributed by atoms with Crippen molar-refractivity contribution in [2.45, 2.75) is 0 Å². The molecule has 3 N–H and O–H groups in total. The summed E-state index contributed by atoms with van der Waals surface area (Å²) in [6.45, 7) is 0. The molecule has 0 aromatic heterocycles. The van der Waals surface area contributed by atoms with Gasteiger partial charge in [-0.1, -0.05) is 11.6 Å². The molecule has 0 unspecified atom stereocenters. The molecule has 1 aromatic rings. The first kappa shape index (κ1) is 11.5. The second-order valence-electron chi connectivity index (χ2n) is 2.58. The van der Waals surface area contributed by atoms with Gasteiger partial charge in [0.25, 0.3) is 5.91 Å². The van der Waals surface area contributed by atoms with Gasteiger partial charge in [-0.2, -0.15) is 0 Å². The van der Waals surface area contributed by atoms with E-state index in [4.69, 9.17) is 17.3 Å². The molecule has 1 aromatic carbocycles. The van der Waals surface area contributed by atoms with Crippen LogP contribution in [-0.2, 0) is 12.4 Å². The van der Waals surface area contributed by atoms with Gasteiger partial charge in [-0.25, -0.2) is 4.79 Å². The van der Waals surface area contributed by atoms with Crippen molar-refractivity contribution in [2.24, 2.45) is 10.1 Å². The van der Waals surface area contributed by atoms with Gasteiger partial charge >= 0.3 is 6.03 Å². The van der Waals surface area contributed by atoms with Crippen LogP contribution in [0, 0.1) is 0 Å². The van der Waals surface area contributed by atoms with Crippen LogP contribution in [0.2, 0.25) is 5.02 Å². The fourth-order valence-corrected chi connectivity index (χ4v) is 1.19. The van der Waals surface area contributed by atoms with Gasteiger partial charge in [0.1, 0.15) is 0 Å². The second kappa shape index (κ2) is 4.81. The number of rotatable bonds is 2. The standard InChI is InChI=1S/C8H6ClN3O2S/c9-4-1-2-5(7(10)13)6(3-4)11-8(14)12-15/h1-3H,(H2,10,13)(H,11,14). The lowest BCUT2D eigenvalue weighted by atomic mass is 10.1. The smallest absolute Gasteiger partial charge is 0.356 e. The number of primary amides is 1. The Hall–Kier alpha value is -1.53. The molecule has 0 bridgehead atoms. The van der Waals surface area contributed by atoms with Crippen molar-refractivity contribution in [3.63, 3.8) is 0 Å². The molecule has 0 radical (unpaired) electrons. The molecule has 5 nitrogen and oxygen atoms in total. The zero-order valence-corrected chi connectivity index (χ0v) is 8.93. The minimum absolute atomic E-state index is 0.145. The van der Waals surface area contributed by atoms with Gasteiger partial charge in [0, 0.05) is 17.4 Å². The van der Waals surface area contributed by atoms with E-state index in [-0.39, 0.29) is 11.3 Å². The summed E-state index contributed by atoms with van der Waals surface area (Å²) in [4.78, 5) is 21.9. The first-order chi connectivity index (χ1) is 7.04. The summed E-state index contributed by atoms with van der Waals surface area (Å²) in [6.07, 6.45) is 0. The van der Waals surface area contributed by atoms with Gasteiger partial charge in [0.05, 0.1) is 11.3 Å². The van der Waals surface area contributed by atoms with Crippen molar-refractivity contribution in [1.29, 1.82) is 0 Å². The first-order valence-electron chi connectivity index (χ1n) is 3.78. The summed E-state index contributed by atoms with van der Waals surface area (Å²) in [5.74, 6) is -0.675. The third-order valence-electron chi connectivity index (χ3n) is 1.57. The average molecular weight is 244 g/mol. The molecule has 0 aliphatic rings. The SMILES string of the molecule is NC(=O)c1ccc(Cl)cc1NC(=O)N=S. The number of hydrogen-bond donors (Lipinski definition) is 2. The molecule has 78 valence electrons. The Kier molecular flexibility index (Phi) is 3.70. The number of amides is 3.